The highest BCUT2D eigenvalue weighted by Gasteiger charge is 2.01. The summed E-state index contributed by atoms with van der Waals surface area (Å²) in [7, 11) is 1.66. The molecule has 0 bridgehead atoms. The van der Waals surface area contributed by atoms with E-state index in [1.807, 2.05) is 6.20 Å². The van der Waals surface area contributed by atoms with E-state index >= 15 is 0 Å². The maximum Gasteiger partial charge on any atom is 0.199 e. The number of methoxy groups -OCH3 is 1. The second-order valence-corrected chi connectivity index (χ2v) is 3.37. The van der Waals surface area contributed by atoms with Gasteiger partial charge in [-0.05, 0) is 12.2 Å². The Labute approximate surface area is 91.5 Å². The fraction of sp³-hybridized carbons (Fsp3) is 0.375. The fourth-order valence-electron chi connectivity index (χ4n) is 1.22. The third-order valence-electron chi connectivity index (χ3n) is 1.97. The second kappa shape index (κ2) is 4.37. The molecule has 2 aromatic heterocycles. The zero-order valence-electron chi connectivity index (χ0n) is 8.25. The number of H-pyrrole nitrogens is 1. The van der Waals surface area contributed by atoms with Crippen LogP contribution in [0.5, 0.6) is 0 Å². The molecule has 0 fully saturated rings. The van der Waals surface area contributed by atoms with Crippen molar-refractivity contribution in [3.05, 3.63) is 23.5 Å². The minimum Gasteiger partial charge on any atom is -0.383 e. The summed E-state index contributed by atoms with van der Waals surface area (Å²) in [6.45, 7) is 1.36. The van der Waals surface area contributed by atoms with Gasteiger partial charge in [-0.3, -0.25) is 14.3 Å². The summed E-state index contributed by atoms with van der Waals surface area (Å²) < 4.78 is 9.07. The van der Waals surface area contributed by atoms with Crippen LogP contribution in [0.1, 0.15) is 0 Å². The monoisotopic (exact) mass is 225 g/mol. The van der Waals surface area contributed by atoms with Gasteiger partial charge in [-0.1, -0.05) is 0 Å². The van der Waals surface area contributed by atoms with Gasteiger partial charge < -0.3 is 4.74 Å². The largest absolute Gasteiger partial charge is 0.383 e. The van der Waals surface area contributed by atoms with E-state index in [0.717, 1.165) is 12.2 Å². The zero-order valence-corrected chi connectivity index (χ0v) is 9.07. The van der Waals surface area contributed by atoms with Crippen molar-refractivity contribution in [2.45, 2.75) is 6.54 Å². The molecular formula is C8H11N5OS. The minimum atomic E-state index is 0.557. The maximum atomic E-state index is 5.05. The van der Waals surface area contributed by atoms with Gasteiger partial charge in [0, 0.05) is 13.3 Å². The SMILES string of the molecule is COCCn1cc(-n2cn[nH]c2=S)cn1. The van der Waals surface area contributed by atoms with E-state index in [4.69, 9.17) is 17.0 Å². The molecule has 2 rings (SSSR count). The third kappa shape index (κ3) is 2.13. The molecule has 0 radical (unpaired) electrons. The molecule has 2 aromatic rings. The Morgan fingerprint density at radius 1 is 1.60 bits per heavy atom. The highest BCUT2D eigenvalue weighted by Crippen LogP contribution is 2.05. The van der Waals surface area contributed by atoms with Crippen LogP contribution in [0.4, 0.5) is 0 Å². The zero-order chi connectivity index (χ0) is 10.7. The van der Waals surface area contributed by atoms with Gasteiger partial charge in [0.25, 0.3) is 0 Å². The van der Waals surface area contributed by atoms with Crippen molar-refractivity contribution in [2.24, 2.45) is 0 Å². The summed E-state index contributed by atoms with van der Waals surface area (Å²) >= 11 is 5.05. The number of nitrogens with zero attached hydrogens (tertiary/aromatic N) is 4. The van der Waals surface area contributed by atoms with Crippen LogP contribution in [0.25, 0.3) is 5.69 Å². The lowest BCUT2D eigenvalue weighted by molar-refractivity contribution is 0.183. The number of ether oxygens (including phenoxy) is 1. The average molecular weight is 225 g/mol. The molecule has 6 nitrogen and oxygen atoms in total. The van der Waals surface area contributed by atoms with E-state index in [1.165, 1.54) is 0 Å². The molecule has 0 aliphatic rings. The van der Waals surface area contributed by atoms with Gasteiger partial charge in [-0.2, -0.15) is 10.2 Å². The van der Waals surface area contributed by atoms with Gasteiger partial charge >= 0.3 is 0 Å². The predicted molar refractivity (Wildman–Crippen MR) is 56.4 cm³/mol. The van der Waals surface area contributed by atoms with Gasteiger partial charge in [-0.15, -0.1) is 0 Å². The molecule has 0 spiro atoms. The Morgan fingerprint density at radius 3 is 3.13 bits per heavy atom. The van der Waals surface area contributed by atoms with Crippen LogP contribution in [0.3, 0.4) is 0 Å². The lowest BCUT2D eigenvalue weighted by atomic mass is 10.5. The first-order valence-electron chi connectivity index (χ1n) is 4.45. The number of nitrogens with one attached hydrogen (secondary N) is 1. The highest BCUT2D eigenvalue weighted by molar-refractivity contribution is 7.71. The fourth-order valence-corrected chi connectivity index (χ4v) is 1.42. The molecule has 0 unspecified atom stereocenters. The first-order chi connectivity index (χ1) is 7.31. The standard InChI is InChI=1S/C8H11N5OS/c1-14-3-2-12-5-7(4-10-12)13-6-9-11-8(13)15/h4-6H,2-3H2,1H3,(H,11,15). The number of hydrogen-bond acceptors (Lipinski definition) is 4. The summed E-state index contributed by atoms with van der Waals surface area (Å²) in [5.74, 6) is 0. The van der Waals surface area contributed by atoms with Crippen LogP contribution in [-0.4, -0.2) is 38.3 Å². The molecule has 0 aliphatic carbocycles. The van der Waals surface area contributed by atoms with Crippen LogP contribution in [-0.2, 0) is 11.3 Å². The Balaban J connectivity index is 2.21. The molecule has 0 saturated carbocycles. The van der Waals surface area contributed by atoms with Crippen LogP contribution < -0.4 is 0 Å². The molecule has 15 heavy (non-hydrogen) atoms. The molecule has 80 valence electrons. The first-order valence-corrected chi connectivity index (χ1v) is 4.86. The lowest BCUT2D eigenvalue weighted by Gasteiger charge is -1.98. The van der Waals surface area contributed by atoms with Crippen molar-refractivity contribution < 1.29 is 4.74 Å². The third-order valence-corrected chi connectivity index (χ3v) is 2.26. The molecule has 0 aliphatic heterocycles. The summed E-state index contributed by atoms with van der Waals surface area (Å²) in [5, 5.41) is 10.7. The Hall–Kier alpha value is -1.47. The van der Waals surface area contributed by atoms with E-state index < -0.39 is 0 Å². The maximum absolute atomic E-state index is 5.05. The Morgan fingerprint density at radius 2 is 2.47 bits per heavy atom. The van der Waals surface area contributed by atoms with E-state index in [2.05, 4.69) is 15.3 Å². The van der Waals surface area contributed by atoms with Crippen molar-refractivity contribution >= 4 is 12.2 Å². The molecule has 2 heterocycles. The molecule has 7 heteroatoms. The van der Waals surface area contributed by atoms with Crippen LogP contribution in [0, 0.1) is 4.77 Å². The van der Waals surface area contributed by atoms with E-state index in [1.54, 1.807) is 28.9 Å². The van der Waals surface area contributed by atoms with Crippen molar-refractivity contribution in [1.29, 1.82) is 0 Å². The number of aromatic amines is 1. The van der Waals surface area contributed by atoms with Gasteiger partial charge in [0.05, 0.1) is 25.0 Å². The first kappa shape index (κ1) is 10.1. The topological polar surface area (TPSA) is 60.7 Å². The summed E-state index contributed by atoms with van der Waals surface area (Å²) in [5.41, 5.74) is 0.893. The Bertz CT molecular complexity index is 485. The van der Waals surface area contributed by atoms with E-state index in [9.17, 15) is 0 Å². The number of aromatic nitrogens is 5. The number of rotatable bonds is 4. The smallest absolute Gasteiger partial charge is 0.199 e. The number of hydrogen-bond donors (Lipinski definition) is 1. The van der Waals surface area contributed by atoms with Gasteiger partial charge in [-0.25, -0.2) is 0 Å². The summed E-state index contributed by atoms with van der Waals surface area (Å²) in [4.78, 5) is 0. The molecular weight excluding hydrogens is 214 g/mol. The molecule has 0 aromatic carbocycles. The minimum absolute atomic E-state index is 0.557. The van der Waals surface area contributed by atoms with E-state index in [-0.39, 0.29) is 0 Å². The summed E-state index contributed by atoms with van der Waals surface area (Å²) in [6.07, 6.45) is 5.26. The van der Waals surface area contributed by atoms with E-state index in [0.29, 0.717) is 11.4 Å². The van der Waals surface area contributed by atoms with Crippen LogP contribution in [0.15, 0.2) is 18.7 Å². The van der Waals surface area contributed by atoms with Crippen LogP contribution >= 0.6 is 12.2 Å². The molecule has 0 amide bonds. The lowest BCUT2D eigenvalue weighted by Crippen LogP contribution is -2.04. The average Bonchev–Trinajstić information content (AvgIpc) is 2.83. The highest BCUT2D eigenvalue weighted by atomic mass is 32.1. The quantitative estimate of drug-likeness (QED) is 0.781. The second-order valence-electron chi connectivity index (χ2n) is 2.99. The molecule has 0 saturated heterocycles. The van der Waals surface area contributed by atoms with Gasteiger partial charge in [0.2, 0.25) is 0 Å². The van der Waals surface area contributed by atoms with Crippen molar-refractivity contribution in [2.75, 3.05) is 13.7 Å². The summed E-state index contributed by atoms with van der Waals surface area (Å²) in [6, 6.07) is 0. The van der Waals surface area contributed by atoms with Crippen LogP contribution in [0.2, 0.25) is 0 Å². The van der Waals surface area contributed by atoms with Gasteiger partial charge in [0.15, 0.2) is 4.77 Å². The van der Waals surface area contributed by atoms with Crippen molar-refractivity contribution in [3.63, 3.8) is 0 Å². The normalized spacial score (nSPS) is 10.7. The molecule has 1 N–H and O–H groups in total. The molecule has 0 atom stereocenters. The van der Waals surface area contributed by atoms with Gasteiger partial charge in [0.1, 0.15) is 6.33 Å². The van der Waals surface area contributed by atoms with Crippen molar-refractivity contribution in [3.8, 4) is 5.69 Å². The predicted octanol–water partition coefficient (Wildman–Crippen LogP) is 0.773. The Kier molecular flexibility index (Phi) is 2.93. The van der Waals surface area contributed by atoms with Crippen molar-refractivity contribution in [1.82, 2.24) is 24.5 Å².